The van der Waals surface area contributed by atoms with E-state index in [1.165, 1.54) is 36.4 Å². The van der Waals surface area contributed by atoms with Crippen molar-refractivity contribution in [2.24, 2.45) is 0 Å². The number of carboxylic acid groups (broad SMARTS) is 1. The van der Waals surface area contributed by atoms with Gasteiger partial charge in [0.25, 0.3) is 0 Å². The van der Waals surface area contributed by atoms with Crippen molar-refractivity contribution in [1.82, 2.24) is 0 Å². The Bertz CT molecular complexity index is 1250. The van der Waals surface area contributed by atoms with Gasteiger partial charge in [-0.05, 0) is 54.0 Å². The number of carboxylic acids is 1. The van der Waals surface area contributed by atoms with Crippen molar-refractivity contribution in [2.45, 2.75) is 43.7 Å². The van der Waals surface area contributed by atoms with Crippen molar-refractivity contribution in [2.75, 3.05) is 0 Å². The number of ether oxygens (including phenoxy) is 2. The molecule has 0 amide bonds. The summed E-state index contributed by atoms with van der Waals surface area (Å²) in [4.78, 5) is 36.4. The molecule has 4 atom stereocenters. The summed E-state index contributed by atoms with van der Waals surface area (Å²) in [5.41, 5.74) is -0.991. The van der Waals surface area contributed by atoms with Crippen LogP contribution in [0.15, 0.2) is 48.6 Å². The zero-order valence-electron chi connectivity index (χ0n) is 19.6. The highest BCUT2D eigenvalue weighted by Gasteiger charge is 2.52. The second-order valence-corrected chi connectivity index (χ2v) is 8.65. The molecule has 1 aliphatic carbocycles. The molecule has 0 bridgehead atoms. The van der Waals surface area contributed by atoms with Crippen LogP contribution in [-0.2, 0) is 23.9 Å². The number of rotatable bonds is 7. The van der Waals surface area contributed by atoms with Crippen LogP contribution in [-0.4, -0.2) is 72.5 Å². The zero-order chi connectivity index (χ0) is 27.3. The van der Waals surface area contributed by atoms with E-state index in [1.807, 2.05) is 0 Å². The molecule has 1 saturated carbocycles. The standard InChI is InChI=1S/C26H26O11/c1-14-2-3-15(10-18(14)28)5-8-22(31)36-21-13-26(35,25(33)34)12-20(30)24(21)37-23(32)9-6-16-4-7-17(27)19(29)11-16/h2-11,20-21,24,27-30,35H,12-13H2,1H3,(H,33,34)/b8-5+,9-6+/t20-,21-,24+,26-/m1/s1. The van der Waals surface area contributed by atoms with E-state index >= 15 is 0 Å². The minimum absolute atomic E-state index is 0.0139. The van der Waals surface area contributed by atoms with Crippen LogP contribution < -0.4 is 0 Å². The summed E-state index contributed by atoms with van der Waals surface area (Å²) >= 11 is 0. The van der Waals surface area contributed by atoms with E-state index in [9.17, 15) is 45.0 Å². The number of esters is 2. The maximum Gasteiger partial charge on any atom is 0.335 e. The molecule has 3 rings (SSSR count). The summed E-state index contributed by atoms with van der Waals surface area (Å²) < 4.78 is 10.5. The van der Waals surface area contributed by atoms with Gasteiger partial charge in [-0.2, -0.15) is 0 Å². The minimum atomic E-state index is -2.43. The Kier molecular flexibility index (Phi) is 8.21. The fraction of sp³-hybridized carbons (Fsp3) is 0.269. The van der Waals surface area contributed by atoms with Crippen molar-refractivity contribution < 1.29 is 54.5 Å². The van der Waals surface area contributed by atoms with Gasteiger partial charge in [-0.3, -0.25) is 0 Å². The van der Waals surface area contributed by atoms with Gasteiger partial charge in [0.05, 0.1) is 6.10 Å². The van der Waals surface area contributed by atoms with Gasteiger partial charge in [0.15, 0.2) is 23.2 Å². The number of aliphatic hydroxyl groups is 2. The number of phenolic OH excluding ortho intramolecular Hbond substituents is 3. The molecule has 37 heavy (non-hydrogen) atoms. The summed E-state index contributed by atoms with van der Waals surface area (Å²) in [6.45, 7) is 1.69. The molecular formula is C26H26O11. The third kappa shape index (κ3) is 6.87. The molecule has 0 aliphatic heterocycles. The van der Waals surface area contributed by atoms with Crippen LogP contribution in [0.1, 0.15) is 29.5 Å². The molecule has 1 fully saturated rings. The number of carbonyl (C=O) groups is 3. The van der Waals surface area contributed by atoms with Crippen molar-refractivity contribution in [3.05, 3.63) is 65.2 Å². The van der Waals surface area contributed by atoms with Gasteiger partial charge in [0.2, 0.25) is 0 Å². The third-order valence-electron chi connectivity index (χ3n) is 5.81. The Balaban J connectivity index is 1.75. The number of carbonyl (C=O) groups excluding carboxylic acids is 2. The summed E-state index contributed by atoms with van der Waals surface area (Å²) in [6, 6.07) is 8.49. The number of aliphatic carboxylic acids is 1. The molecule has 11 heteroatoms. The third-order valence-corrected chi connectivity index (χ3v) is 5.81. The van der Waals surface area contributed by atoms with Gasteiger partial charge in [-0.15, -0.1) is 0 Å². The quantitative estimate of drug-likeness (QED) is 0.179. The molecule has 2 aromatic rings. The Morgan fingerprint density at radius 2 is 1.43 bits per heavy atom. The van der Waals surface area contributed by atoms with E-state index in [2.05, 4.69) is 0 Å². The topological polar surface area (TPSA) is 191 Å². The Labute approximate surface area is 211 Å². The number of aromatic hydroxyl groups is 3. The smallest absolute Gasteiger partial charge is 0.335 e. The van der Waals surface area contributed by atoms with Gasteiger partial charge < -0.3 is 40.1 Å². The summed E-state index contributed by atoms with van der Waals surface area (Å²) in [6.07, 6.45) is -1.47. The number of hydrogen-bond donors (Lipinski definition) is 6. The van der Waals surface area contributed by atoms with Crippen molar-refractivity contribution in [3.63, 3.8) is 0 Å². The normalized spacial score (nSPS) is 23.7. The molecule has 0 spiro atoms. The predicted octanol–water partition coefficient (Wildman–Crippen LogP) is 1.63. The molecule has 196 valence electrons. The number of aryl methyl sites for hydroxylation is 1. The average Bonchev–Trinajstić information content (AvgIpc) is 2.82. The van der Waals surface area contributed by atoms with Crippen molar-refractivity contribution in [3.8, 4) is 17.2 Å². The first-order valence-corrected chi connectivity index (χ1v) is 11.1. The number of benzene rings is 2. The summed E-state index contributed by atoms with van der Waals surface area (Å²) in [5.74, 6) is -4.34. The van der Waals surface area contributed by atoms with Crippen LogP contribution in [0.5, 0.6) is 17.2 Å². The molecule has 0 saturated heterocycles. The minimum Gasteiger partial charge on any atom is -0.508 e. The monoisotopic (exact) mass is 514 g/mol. The molecular weight excluding hydrogens is 488 g/mol. The second kappa shape index (κ2) is 11.1. The maximum absolute atomic E-state index is 12.4. The van der Waals surface area contributed by atoms with E-state index in [-0.39, 0.29) is 11.5 Å². The Morgan fingerprint density at radius 3 is 2.00 bits per heavy atom. The molecule has 6 N–H and O–H groups in total. The van der Waals surface area contributed by atoms with E-state index in [0.717, 1.165) is 12.2 Å². The van der Waals surface area contributed by atoms with Crippen LogP contribution in [0.25, 0.3) is 12.2 Å². The highest BCUT2D eigenvalue weighted by molar-refractivity contribution is 5.88. The number of hydrogen-bond acceptors (Lipinski definition) is 10. The van der Waals surface area contributed by atoms with Crippen molar-refractivity contribution in [1.29, 1.82) is 0 Å². The molecule has 11 nitrogen and oxygen atoms in total. The molecule has 1 aliphatic rings. The van der Waals surface area contributed by atoms with E-state index in [1.54, 1.807) is 19.1 Å². The van der Waals surface area contributed by atoms with Crippen LogP contribution in [0.2, 0.25) is 0 Å². The number of phenols is 3. The zero-order valence-corrected chi connectivity index (χ0v) is 19.6. The van der Waals surface area contributed by atoms with E-state index in [4.69, 9.17) is 9.47 Å². The highest BCUT2D eigenvalue weighted by Crippen LogP contribution is 2.33. The second-order valence-electron chi connectivity index (χ2n) is 8.65. The van der Waals surface area contributed by atoms with Crippen LogP contribution in [0, 0.1) is 6.92 Å². The van der Waals surface area contributed by atoms with Gasteiger partial charge in [0, 0.05) is 25.0 Å². The Hall–Kier alpha value is -4.35. The fourth-order valence-corrected chi connectivity index (χ4v) is 3.74. The van der Waals surface area contributed by atoms with E-state index in [0.29, 0.717) is 16.7 Å². The first-order valence-electron chi connectivity index (χ1n) is 11.1. The fourth-order valence-electron chi connectivity index (χ4n) is 3.74. The average molecular weight is 514 g/mol. The SMILES string of the molecule is Cc1ccc(/C=C/C(=O)O[C@@H]2C[C@@](O)(C(=O)O)C[C@@H](O)[C@@H]2OC(=O)/C=C/c2ccc(O)c(O)c2)cc1O. The molecule has 0 aromatic heterocycles. The number of aliphatic hydroxyl groups excluding tert-OH is 1. The van der Waals surface area contributed by atoms with Crippen LogP contribution >= 0.6 is 0 Å². The van der Waals surface area contributed by atoms with Gasteiger partial charge in [-0.1, -0.05) is 18.2 Å². The molecule has 2 aromatic carbocycles. The summed E-state index contributed by atoms with van der Waals surface area (Å²) in [5, 5.41) is 59.0. The molecule has 0 radical (unpaired) electrons. The largest absolute Gasteiger partial charge is 0.508 e. The van der Waals surface area contributed by atoms with E-state index < -0.39 is 60.4 Å². The molecule has 0 heterocycles. The lowest BCUT2D eigenvalue weighted by atomic mass is 9.79. The molecule has 0 unspecified atom stereocenters. The van der Waals surface area contributed by atoms with Crippen molar-refractivity contribution >= 4 is 30.1 Å². The Morgan fingerprint density at radius 1 is 0.865 bits per heavy atom. The van der Waals surface area contributed by atoms with Gasteiger partial charge >= 0.3 is 17.9 Å². The lowest BCUT2D eigenvalue weighted by Gasteiger charge is -2.40. The predicted molar refractivity (Wildman–Crippen MR) is 128 cm³/mol. The first kappa shape index (κ1) is 27.2. The van der Waals surface area contributed by atoms with Gasteiger partial charge in [0.1, 0.15) is 11.9 Å². The van der Waals surface area contributed by atoms with Crippen LogP contribution in [0.4, 0.5) is 0 Å². The first-order chi connectivity index (χ1) is 17.4. The highest BCUT2D eigenvalue weighted by atomic mass is 16.6. The lowest BCUT2D eigenvalue weighted by Crippen LogP contribution is -2.58. The maximum atomic E-state index is 12.4. The van der Waals surface area contributed by atoms with Crippen LogP contribution in [0.3, 0.4) is 0 Å². The van der Waals surface area contributed by atoms with Gasteiger partial charge in [-0.25, -0.2) is 14.4 Å². The summed E-state index contributed by atoms with van der Waals surface area (Å²) in [7, 11) is 0. The lowest BCUT2D eigenvalue weighted by molar-refractivity contribution is -0.204.